The van der Waals surface area contributed by atoms with Gasteiger partial charge in [-0.2, -0.15) is 5.10 Å². The van der Waals surface area contributed by atoms with E-state index in [0.717, 1.165) is 41.7 Å². The van der Waals surface area contributed by atoms with Crippen molar-refractivity contribution >= 4 is 16.8 Å². The number of likely N-dealkylation sites (tertiary alicyclic amines) is 1. The summed E-state index contributed by atoms with van der Waals surface area (Å²) in [4.78, 5) is 30.6. The van der Waals surface area contributed by atoms with Gasteiger partial charge in [-0.1, -0.05) is 18.2 Å². The molecule has 0 bridgehead atoms. The molecule has 1 N–H and O–H groups in total. The van der Waals surface area contributed by atoms with Crippen molar-refractivity contribution in [1.82, 2.24) is 24.2 Å². The number of H-pyrrole nitrogens is 1. The van der Waals surface area contributed by atoms with Crippen molar-refractivity contribution in [3.63, 3.8) is 0 Å². The van der Waals surface area contributed by atoms with Crippen molar-refractivity contribution in [3.8, 4) is 0 Å². The summed E-state index contributed by atoms with van der Waals surface area (Å²) in [6.45, 7) is 5.85. The summed E-state index contributed by atoms with van der Waals surface area (Å²) in [6, 6.07) is 7.98. The van der Waals surface area contributed by atoms with Crippen molar-refractivity contribution in [3.05, 3.63) is 51.8 Å². The SMILES string of the molecule is CCn1c([C@H]2CCCN(C(=O)c3[nH]c4ccccc4c3C)C2)nn(C)c1=O. The fourth-order valence-electron chi connectivity index (χ4n) is 4.15. The van der Waals surface area contributed by atoms with Crippen LogP contribution in [-0.2, 0) is 13.6 Å². The number of rotatable bonds is 3. The molecule has 1 atom stereocenters. The number of benzene rings is 1. The fraction of sp³-hybridized carbons (Fsp3) is 0.450. The number of fused-ring (bicyclic) bond motifs is 1. The summed E-state index contributed by atoms with van der Waals surface area (Å²) in [5.74, 6) is 0.895. The highest BCUT2D eigenvalue weighted by Gasteiger charge is 2.30. The van der Waals surface area contributed by atoms with Gasteiger partial charge in [-0.15, -0.1) is 0 Å². The zero-order chi connectivity index (χ0) is 19.1. The molecule has 7 nitrogen and oxygen atoms in total. The monoisotopic (exact) mass is 367 g/mol. The topological polar surface area (TPSA) is 75.9 Å². The summed E-state index contributed by atoms with van der Waals surface area (Å²) in [7, 11) is 1.68. The summed E-state index contributed by atoms with van der Waals surface area (Å²) in [5, 5.41) is 5.53. The number of nitrogens with one attached hydrogen (secondary N) is 1. The Balaban J connectivity index is 1.63. The molecule has 1 aromatic carbocycles. The molecule has 27 heavy (non-hydrogen) atoms. The fourth-order valence-corrected chi connectivity index (χ4v) is 4.15. The Kier molecular flexibility index (Phi) is 4.37. The predicted molar refractivity (Wildman–Crippen MR) is 104 cm³/mol. The van der Waals surface area contributed by atoms with Crippen LogP contribution < -0.4 is 5.69 Å². The van der Waals surface area contributed by atoms with Gasteiger partial charge in [0.05, 0.1) is 0 Å². The summed E-state index contributed by atoms with van der Waals surface area (Å²) >= 11 is 0. The molecule has 0 saturated carbocycles. The molecule has 1 saturated heterocycles. The first-order valence-corrected chi connectivity index (χ1v) is 9.51. The first-order valence-electron chi connectivity index (χ1n) is 9.51. The largest absolute Gasteiger partial charge is 0.350 e. The lowest BCUT2D eigenvalue weighted by Crippen LogP contribution is -2.40. The van der Waals surface area contributed by atoms with Gasteiger partial charge in [0.25, 0.3) is 5.91 Å². The van der Waals surface area contributed by atoms with Crippen LogP contribution in [0.5, 0.6) is 0 Å². The molecule has 142 valence electrons. The Morgan fingerprint density at radius 3 is 2.85 bits per heavy atom. The normalized spacial score (nSPS) is 17.6. The first-order chi connectivity index (χ1) is 13.0. The average molecular weight is 367 g/mol. The van der Waals surface area contributed by atoms with Gasteiger partial charge in [-0.25, -0.2) is 9.48 Å². The van der Waals surface area contributed by atoms with Crippen LogP contribution in [0.1, 0.15) is 47.6 Å². The van der Waals surface area contributed by atoms with Crippen LogP contribution in [0.4, 0.5) is 0 Å². The highest BCUT2D eigenvalue weighted by Crippen LogP contribution is 2.28. The molecular weight excluding hydrogens is 342 g/mol. The minimum Gasteiger partial charge on any atom is -0.350 e. The van der Waals surface area contributed by atoms with Gasteiger partial charge in [-0.3, -0.25) is 9.36 Å². The van der Waals surface area contributed by atoms with E-state index >= 15 is 0 Å². The standard InChI is InChI=1S/C20H25N5O2/c1-4-25-18(22-23(3)20(25)27)14-8-7-11-24(12-14)19(26)17-13(2)15-9-5-6-10-16(15)21-17/h5-6,9-10,14,21H,4,7-8,11-12H2,1-3H3/t14-/m0/s1. The van der Waals surface area contributed by atoms with E-state index in [2.05, 4.69) is 10.1 Å². The zero-order valence-corrected chi connectivity index (χ0v) is 16.0. The van der Waals surface area contributed by atoms with E-state index in [4.69, 9.17) is 0 Å². The minimum absolute atomic E-state index is 0.0229. The van der Waals surface area contributed by atoms with Crippen molar-refractivity contribution in [2.75, 3.05) is 13.1 Å². The van der Waals surface area contributed by atoms with Crippen LogP contribution >= 0.6 is 0 Å². The molecule has 4 rings (SSSR count). The summed E-state index contributed by atoms with van der Waals surface area (Å²) in [5.41, 5.74) is 2.53. The molecule has 2 aromatic heterocycles. The number of carbonyl (C=O) groups excluding carboxylic acids is 1. The smallest absolute Gasteiger partial charge is 0.345 e. The number of amides is 1. The van der Waals surface area contributed by atoms with Crippen LogP contribution in [0, 0.1) is 6.92 Å². The van der Waals surface area contributed by atoms with E-state index < -0.39 is 0 Å². The van der Waals surface area contributed by atoms with Crippen LogP contribution in [0.2, 0.25) is 0 Å². The number of carbonyl (C=O) groups is 1. The van der Waals surface area contributed by atoms with Gasteiger partial charge in [0, 0.05) is 43.5 Å². The van der Waals surface area contributed by atoms with Crippen LogP contribution in [-0.4, -0.2) is 43.2 Å². The molecule has 3 aromatic rings. The highest BCUT2D eigenvalue weighted by atomic mass is 16.2. The van der Waals surface area contributed by atoms with E-state index in [1.807, 2.05) is 43.0 Å². The Labute approximate surface area is 157 Å². The van der Waals surface area contributed by atoms with Gasteiger partial charge >= 0.3 is 5.69 Å². The number of hydrogen-bond acceptors (Lipinski definition) is 3. The number of piperidine rings is 1. The summed E-state index contributed by atoms with van der Waals surface area (Å²) in [6.07, 6.45) is 1.84. The second-order valence-corrected chi connectivity index (χ2v) is 7.27. The lowest BCUT2D eigenvalue weighted by atomic mass is 9.96. The first kappa shape index (κ1) is 17.6. The van der Waals surface area contributed by atoms with Crippen LogP contribution in [0.25, 0.3) is 10.9 Å². The van der Waals surface area contributed by atoms with Gasteiger partial charge < -0.3 is 9.88 Å². The van der Waals surface area contributed by atoms with Crippen LogP contribution in [0.3, 0.4) is 0 Å². The van der Waals surface area contributed by atoms with Gasteiger partial charge in [0.15, 0.2) is 0 Å². The van der Waals surface area contributed by atoms with Crippen molar-refractivity contribution in [1.29, 1.82) is 0 Å². The average Bonchev–Trinajstić information content (AvgIpc) is 3.18. The Morgan fingerprint density at radius 2 is 2.11 bits per heavy atom. The van der Waals surface area contributed by atoms with E-state index in [9.17, 15) is 9.59 Å². The lowest BCUT2D eigenvalue weighted by Gasteiger charge is -2.32. The van der Waals surface area contributed by atoms with Gasteiger partial charge in [0.2, 0.25) is 0 Å². The van der Waals surface area contributed by atoms with E-state index in [0.29, 0.717) is 18.8 Å². The third kappa shape index (κ3) is 2.87. The molecule has 0 aliphatic carbocycles. The van der Waals surface area contributed by atoms with E-state index in [-0.39, 0.29) is 17.5 Å². The predicted octanol–water partition coefficient (Wildman–Crippen LogP) is 2.41. The molecule has 1 aliphatic rings. The maximum absolute atomic E-state index is 13.2. The molecular formula is C20H25N5O2. The lowest BCUT2D eigenvalue weighted by molar-refractivity contribution is 0.0697. The molecule has 1 fully saturated rings. The molecule has 0 unspecified atom stereocenters. The van der Waals surface area contributed by atoms with E-state index in [1.54, 1.807) is 11.6 Å². The quantitative estimate of drug-likeness (QED) is 0.772. The number of hydrogen-bond donors (Lipinski definition) is 1. The highest BCUT2D eigenvalue weighted by molar-refractivity contribution is 6.00. The summed E-state index contributed by atoms with van der Waals surface area (Å²) < 4.78 is 3.11. The number of para-hydroxylation sites is 1. The second-order valence-electron chi connectivity index (χ2n) is 7.27. The number of nitrogens with zero attached hydrogens (tertiary/aromatic N) is 4. The van der Waals surface area contributed by atoms with Gasteiger partial charge in [0.1, 0.15) is 11.5 Å². The maximum Gasteiger partial charge on any atom is 0.345 e. The Hall–Kier alpha value is -2.83. The Morgan fingerprint density at radius 1 is 1.33 bits per heavy atom. The van der Waals surface area contributed by atoms with E-state index in [1.165, 1.54) is 4.68 Å². The molecule has 7 heteroatoms. The molecule has 0 radical (unpaired) electrons. The molecule has 3 heterocycles. The molecule has 0 spiro atoms. The maximum atomic E-state index is 13.2. The number of aryl methyl sites for hydroxylation is 2. The molecule has 1 amide bonds. The van der Waals surface area contributed by atoms with Crippen molar-refractivity contribution < 1.29 is 4.79 Å². The third-order valence-electron chi connectivity index (χ3n) is 5.61. The van der Waals surface area contributed by atoms with Gasteiger partial charge in [-0.05, 0) is 38.3 Å². The number of aromatic amines is 1. The third-order valence-corrected chi connectivity index (χ3v) is 5.61. The Bertz CT molecular complexity index is 1060. The number of aromatic nitrogens is 4. The zero-order valence-electron chi connectivity index (χ0n) is 16.0. The van der Waals surface area contributed by atoms with Crippen molar-refractivity contribution in [2.24, 2.45) is 7.05 Å². The van der Waals surface area contributed by atoms with Crippen molar-refractivity contribution in [2.45, 2.75) is 39.2 Å². The second kappa shape index (κ2) is 6.72. The minimum atomic E-state index is -0.0950. The van der Waals surface area contributed by atoms with Crippen LogP contribution in [0.15, 0.2) is 29.1 Å². The molecule has 1 aliphatic heterocycles.